The number of hydrogen-bond donors (Lipinski definition) is 0. The molecule has 0 saturated heterocycles. The molecule has 0 spiro atoms. The van der Waals surface area contributed by atoms with E-state index < -0.39 is 59.3 Å². The van der Waals surface area contributed by atoms with E-state index >= 15 is 4.39 Å². The van der Waals surface area contributed by atoms with E-state index in [2.05, 4.69) is 20.5 Å². The van der Waals surface area contributed by atoms with Crippen molar-refractivity contribution < 1.29 is 33.0 Å². The summed E-state index contributed by atoms with van der Waals surface area (Å²) >= 11 is 1.92. The molecule has 210 valence electrons. The third kappa shape index (κ3) is 8.95. The van der Waals surface area contributed by atoms with Gasteiger partial charge in [0.1, 0.15) is 26.7 Å². The number of alkyl halides is 1. The van der Waals surface area contributed by atoms with Crippen LogP contribution in [0.1, 0.15) is 84.9 Å². The first-order valence-electron chi connectivity index (χ1n) is 12.0. The van der Waals surface area contributed by atoms with Crippen LogP contribution in [0.5, 0.6) is 0 Å². The molecular formula is C25H35FIN5O6. The first-order valence-corrected chi connectivity index (χ1v) is 13.0. The lowest BCUT2D eigenvalue weighted by Crippen LogP contribution is -2.52. The smallest absolute Gasteiger partial charge is 0.361 e. The molecule has 13 heteroatoms. The Morgan fingerprint density at radius 1 is 0.868 bits per heavy atom. The Morgan fingerprint density at radius 2 is 1.39 bits per heavy atom. The Morgan fingerprint density at radius 3 is 1.84 bits per heavy atom. The van der Waals surface area contributed by atoms with Gasteiger partial charge in [-0.25, -0.2) is 13.9 Å². The fraction of sp³-hybridized carbons (Fsp3) is 0.640. The maximum Gasteiger partial charge on any atom is 0.361 e. The molecule has 38 heavy (non-hydrogen) atoms. The van der Waals surface area contributed by atoms with Gasteiger partial charge in [0.05, 0.1) is 18.4 Å². The van der Waals surface area contributed by atoms with Crippen molar-refractivity contribution in [1.82, 2.24) is 25.2 Å². The summed E-state index contributed by atoms with van der Waals surface area (Å²) in [6, 6.07) is 2.97. The van der Waals surface area contributed by atoms with Crippen LogP contribution in [-0.2, 0) is 35.8 Å². The molecule has 0 radical (unpaired) electrons. The number of rotatable bonds is 8. The van der Waals surface area contributed by atoms with Crippen LogP contribution in [0, 0.1) is 3.70 Å². The highest BCUT2D eigenvalue weighted by Gasteiger charge is 2.55. The number of carbonyl (C=O) groups excluding carboxylic acids is 3. The second-order valence-corrected chi connectivity index (χ2v) is 12.9. The molecule has 0 bridgehead atoms. The van der Waals surface area contributed by atoms with E-state index in [0.29, 0.717) is 3.70 Å². The highest BCUT2D eigenvalue weighted by atomic mass is 127. The molecular weight excluding hydrogens is 612 g/mol. The van der Waals surface area contributed by atoms with Gasteiger partial charge in [0, 0.05) is 6.42 Å². The van der Waals surface area contributed by atoms with Crippen molar-refractivity contribution >= 4 is 40.5 Å². The third-order valence-corrected chi connectivity index (χ3v) is 5.20. The van der Waals surface area contributed by atoms with Gasteiger partial charge in [-0.05, 0) is 97.0 Å². The van der Waals surface area contributed by atoms with Gasteiger partial charge in [0.15, 0.2) is 5.69 Å². The minimum atomic E-state index is -2.27. The van der Waals surface area contributed by atoms with Crippen molar-refractivity contribution in [2.24, 2.45) is 0 Å². The molecule has 0 saturated carbocycles. The molecule has 0 aromatic carbocycles. The summed E-state index contributed by atoms with van der Waals surface area (Å²) in [5.41, 5.74) is -5.25. The van der Waals surface area contributed by atoms with Gasteiger partial charge in [-0.1, -0.05) is 5.21 Å². The lowest BCUT2D eigenvalue weighted by molar-refractivity contribution is -0.179. The number of esters is 3. The Balaban J connectivity index is 2.49. The van der Waals surface area contributed by atoms with Crippen LogP contribution in [-0.4, -0.2) is 66.1 Å². The highest BCUT2D eigenvalue weighted by molar-refractivity contribution is 14.1. The molecule has 2 heterocycles. The van der Waals surface area contributed by atoms with Crippen LogP contribution in [0.3, 0.4) is 0 Å². The molecule has 0 unspecified atom stereocenters. The molecule has 0 fully saturated rings. The summed E-state index contributed by atoms with van der Waals surface area (Å²) in [7, 11) is 0. The van der Waals surface area contributed by atoms with Gasteiger partial charge >= 0.3 is 17.9 Å². The first-order chi connectivity index (χ1) is 17.2. The number of hydrogen-bond acceptors (Lipinski definition) is 10. The molecule has 0 aliphatic heterocycles. The number of aromatic nitrogens is 5. The predicted octanol–water partition coefficient (Wildman–Crippen LogP) is 3.98. The minimum absolute atomic E-state index is 0.110. The van der Waals surface area contributed by atoms with Crippen LogP contribution in [0.4, 0.5) is 4.39 Å². The number of halogens is 2. The van der Waals surface area contributed by atoms with Crippen LogP contribution in [0.15, 0.2) is 18.3 Å². The van der Waals surface area contributed by atoms with E-state index in [0.717, 1.165) is 4.68 Å². The summed E-state index contributed by atoms with van der Waals surface area (Å²) in [4.78, 5) is 39.6. The first kappa shape index (κ1) is 31.5. The average molecular weight is 647 g/mol. The Bertz CT molecular complexity index is 1120. The zero-order chi connectivity index (χ0) is 29.1. The lowest BCUT2D eigenvalue weighted by atomic mass is 9.78. The van der Waals surface area contributed by atoms with Gasteiger partial charge in [-0.3, -0.25) is 9.59 Å². The summed E-state index contributed by atoms with van der Waals surface area (Å²) in [5.74, 6) is -2.76. The van der Waals surface area contributed by atoms with E-state index in [1.165, 1.54) is 12.3 Å². The fourth-order valence-corrected chi connectivity index (χ4v) is 3.54. The van der Waals surface area contributed by atoms with Crippen LogP contribution >= 0.6 is 22.6 Å². The summed E-state index contributed by atoms with van der Waals surface area (Å²) < 4.78 is 33.8. The Kier molecular flexibility index (Phi) is 9.60. The zero-order valence-electron chi connectivity index (χ0n) is 23.2. The second kappa shape index (κ2) is 11.6. The topological polar surface area (TPSA) is 135 Å². The summed E-state index contributed by atoms with van der Waals surface area (Å²) in [6.07, 6.45) is -1.30. The minimum Gasteiger partial charge on any atom is -0.459 e. The van der Waals surface area contributed by atoms with Crippen molar-refractivity contribution in [1.29, 1.82) is 0 Å². The Hall–Kier alpha value is -2.71. The molecule has 0 aliphatic rings. The zero-order valence-corrected chi connectivity index (χ0v) is 25.3. The molecule has 0 amide bonds. The van der Waals surface area contributed by atoms with E-state index in [1.54, 1.807) is 68.4 Å². The van der Waals surface area contributed by atoms with Crippen LogP contribution in [0.2, 0.25) is 0 Å². The second-order valence-electron chi connectivity index (χ2n) is 11.8. The summed E-state index contributed by atoms with van der Waals surface area (Å²) in [5, 5.41) is 15.6. The predicted molar refractivity (Wildman–Crippen MR) is 143 cm³/mol. The fourth-order valence-electron chi connectivity index (χ4n) is 3.25. The Labute approximate surface area is 235 Å². The maximum atomic E-state index is 15.7. The standard InChI is InChI=1S/C25H35FIN5O6/c1-22(2,3)36-19(33)16-14-32(31-28-16)13-15(26)12-25(20(34)37-23(4,5)6,21(35)38-24(7,8)9)17-10-11-18(27)30-29-17/h10-11,14-15H,12-13H2,1-9H3/t15-/m1/s1. The molecule has 1 atom stereocenters. The van der Waals surface area contributed by atoms with Gasteiger partial charge in [0.25, 0.3) is 0 Å². The quantitative estimate of drug-likeness (QED) is 0.179. The maximum absolute atomic E-state index is 15.7. The van der Waals surface area contributed by atoms with Gasteiger partial charge in [0.2, 0.25) is 5.41 Å². The average Bonchev–Trinajstić information content (AvgIpc) is 3.17. The van der Waals surface area contributed by atoms with Crippen molar-refractivity contribution in [3.63, 3.8) is 0 Å². The van der Waals surface area contributed by atoms with E-state index in [-0.39, 0.29) is 11.4 Å². The molecule has 2 aromatic rings. The third-order valence-electron chi connectivity index (χ3n) is 4.62. The largest absolute Gasteiger partial charge is 0.459 e. The van der Waals surface area contributed by atoms with Crippen LogP contribution in [0.25, 0.3) is 0 Å². The molecule has 0 aliphatic carbocycles. The SMILES string of the molecule is CC(C)(C)OC(=O)c1cn(C[C@H](F)CC(C(=O)OC(C)(C)C)(C(=O)OC(C)(C)C)c2ccc(I)nn2)nn1. The number of nitrogens with zero attached hydrogens (tertiary/aromatic N) is 5. The molecule has 0 N–H and O–H groups in total. The normalized spacial score (nSPS) is 13.6. The molecule has 11 nitrogen and oxygen atoms in total. The van der Waals surface area contributed by atoms with E-state index in [9.17, 15) is 14.4 Å². The van der Waals surface area contributed by atoms with Gasteiger partial charge < -0.3 is 14.2 Å². The monoisotopic (exact) mass is 647 g/mol. The number of carbonyl (C=O) groups is 3. The molecule has 2 rings (SSSR count). The van der Waals surface area contributed by atoms with E-state index in [1.807, 2.05) is 22.6 Å². The van der Waals surface area contributed by atoms with E-state index in [4.69, 9.17) is 14.2 Å². The summed E-state index contributed by atoms with van der Waals surface area (Å²) in [6.45, 7) is 14.5. The lowest BCUT2D eigenvalue weighted by Gasteiger charge is -2.34. The number of ether oxygens (including phenoxy) is 3. The highest BCUT2D eigenvalue weighted by Crippen LogP contribution is 2.36. The van der Waals surface area contributed by atoms with Gasteiger partial charge in [-0.15, -0.1) is 10.2 Å². The van der Waals surface area contributed by atoms with Crippen molar-refractivity contribution in [3.05, 3.63) is 33.4 Å². The van der Waals surface area contributed by atoms with Gasteiger partial charge in [-0.2, -0.15) is 5.10 Å². The van der Waals surface area contributed by atoms with Crippen molar-refractivity contribution in [3.8, 4) is 0 Å². The van der Waals surface area contributed by atoms with Crippen molar-refractivity contribution in [2.45, 2.75) is 104 Å². The molecule has 2 aromatic heterocycles. The van der Waals surface area contributed by atoms with Crippen molar-refractivity contribution in [2.75, 3.05) is 0 Å². The van der Waals surface area contributed by atoms with Crippen LogP contribution < -0.4 is 0 Å².